The highest BCUT2D eigenvalue weighted by molar-refractivity contribution is 5.41. The third kappa shape index (κ3) is 3.15. The maximum Gasteiger partial charge on any atom is 0.128 e. The van der Waals surface area contributed by atoms with Crippen molar-refractivity contribution in [3.8, 4) is 11.5 Å². The maximum absolute atomic E-state index is 9.71. The van der Waals surface area contributed by atoms with E-state index in [2.05, 4.69) is 0 Å². The van der Waals surface area contributed by atoms with Gasteiger partial charge in [0.05, 0.1) is 19.3 Å². The van der Waals surface area contributed by atoms with Gasteiger partial charge in [-0.3, -0.25) is 0 Å². The number of hydrogen-bond acceptors (Lipinski definition) is 4. The molecule has 4 nitrogen and oxygen atoms in total. The zero-order valence-electron chi connectivity index (χ0n) is 10.9. The number of methoxy groups -OCH3 is 1. The van der Waals surface area contributed by atoms with Gasteiger partial charge in [-0.05, 0) is 31.9 Å². The Morgan fingerprint density at radius 2 is 2.33 bits per heavy atom. The molecule has 1 aromatic carbocycles. The van der Waals surface area contributed by atoms with Gasteiger partial charge in [0.2, 0.25) is 0 Å². The monoisotopic (exact) mass is 252 g/mol. The van der Waals surface area contributed by atoms with Crippen molar-refractivity contribution in [2.45, 2.75) is 32.0 Å². The summed E-state index contributed by atoms with van der Waals surface area (Å²) in [6, 6.07) is 5.45. The molecule has 2 rings (SSSR count). The predicted octanol–water partition coefficient (Wildman–Crippen LogP) is 2.31. The Morgan fingerprint density at radius 1 is 1.50 bits per heavy atom. The van der Waals surface area contributed by atoms with Gasteiger partial charge >= 0.3 is 0 Å². The minimum absolute atomic E-state index is 0.165. The van der Waals surface area contributed by atoms with Crippen molar-refractivity contribution in [1.29, 1.82) is 0 Å². The number of hydrogen-bond donors (Lipinski definition) is 1. The number of ether oxygens (including phenoxy) is 3. The molecule has 100 valence electrons. The molecule has 1 heterocycles. The Morgan fingerprint density at radius 3 is 2.94 bits per heavy atom. The standard InChI is InChI=1S/C14H20O4/c1-10(15)13-6-5-11(16-2)8-14(13)18-9-12-4-3-7-17-12/h5-6,8,10,12,15H,3-4,7,9H2,1-2H3. The SMILES string of the molecule is COc1ccc(C(C)O)c(OCC2CCCO2)c1. The molecule has 0 bridgehead atoms. The van der Waals surface area contributed by atoms with Crippen LogP contribution in [0.25, 0.3) is 0 Å². The molecule has 1 aliphatic heterocycles. The first-order valence-corrected chi connectivity index (χ1v) is 6.31. The third-order valence-corrected chi connectivity index (χ3v) is 3.12. The topological polar surface area (TPSA) is 47.9 Å². The van der Waals surface area contributed by atoms with E-state index in [-0.39, 0.29) is 6.10 Å². The summed E-state index contributed by atoms with van der Waals surface area (Å²) in [5.41, 5.74) is 0.772. The van der Waals surface area contributed by atoms with E-state index in [1.165, 1.54) is 0 Å². The molecule has 0 spiro atoms. The van der Waals surface area contributed by atoms with Gasteiger partial charge in [-0.25, -0.2) is 0 Å². The van der Waals surface area contributed by atoms with Crippen molar-refractivity contribution >= 4 is 0 Å². The summed E-state index contributed by atoms with van der Waals surface area (Å²) >= 11 is 0. The van der Waals surface area contributed by atoms with E-state index in [0.29, 0.717) is 12.4 Å². The minimum Gasteiger partial charge on any atom is -0.497 e. The first kappa shape index (κ1) is 13.2. The quantitative estimate of drug-likeness (QED) is 0.873. The average molecular weight is 252 g/mol. The van der Waals surface area contributed by atoms with Crippen LogP contribution in [-0.4, -0.2) is 31.5 Å². The molecule has 1 fully saturated rings. The van der Waals surface area contributed by atoms with E-state index in [1.54, 1.807) is 20.1 Å². The van der Waals surface area contributed by atoms with Gasteiger partial charge in [0.1, 0.15) is 18.1 Å². The maximum atomic E-state index is 9.71. The molecule has 18 heavy (non-hydrogen) atoms. The number of aliphatic hydroxyl groups is 1. The van der Waals surface area contributed by atoms with Gasteiger partial charge in [0, 0.05) is 18.2 Å². The highest BCUT2D eigenvalue weighted by Crippen LogP contribution is 2.30. The fraction of sp³-hybridized carbons (Fsp3) is 0.571. The second-order valence-electron chi connectivity index (χ2n) is 4.53. The Balaban J connectivity index is 2.07. The van der Waals surface area contributed by atoms with Crippen molar-refractivity contribution in [3.63, 3.8) is 0 Å². The summed E-state index contributed by atoms with van der Waals surface area (Å²) in [5, 5.41) is 9.71. The lowest BCUT2D eigenvalue weighted by Crippen LogP contribution is -2.17. The summed E-state index contributed by atoms with van der Waals surface area (Å²) in [6.45, 7) is 3.06. The number of rotatable bonds is 5. The molecule has 1 saturated heterocycles. The molecule has 4 heteroatoms. The Hall–Kier alpha value is -1.26. The van der Waals surface area contributed by atoms with Crippen molar-refractivity contribution in [3.05, 3.63) is 23.8 Å². The van der Waals surface area contributed by atoms with Crippen LogP contribution in [0, 0.1) is 0 Å². The highest BCUT2D eigenvalue weighted by Gasteiger charge is 2.18. The number of benzene rings is 1. The fourth-order valence-electron chi connectivity index (χ4n) is 2.07. The molecule has 0 aliphatic carbocycles. The van der Waals surface area contributed by atoms with Gasteiger partial charge in [0.25, 0.3) is 0 Å². The Kier molecular flexibility index (Phi) is 4.44. The Bertz CT molecular complexity index is 383. The van der Waals surface area contributed by atoms with Gasteiger partial charge in [-0.2, -0.15) is 0 Å². The van der Waals surface area contributed by atoms with E-state index in [0.717, 1.165) is 30.8 Å². The molecule has 0 aromatic heterocycles. The normalized spacial score (nSPS) is 20.7. The van der Waals surface area contributed by atoms with Crippen LogP contribution in [0.4, 0.5) is 0 Å². The summed E-state index contributed by atoms with van der Waals surface area (Å²) in [7, 11) is 1.61. The third-order valence-electron chi connectivity index (χ3n) is 3.12. The highest BCUT2D eigenvalue weighted by atomic mass is 16.5. The smallest absolute Gasteiger partial charge is 0.128 e. The van der Waals surface area contributed by atoms with Crippen molar-refractivity contribution in [2.24, 2.45) is 0 Å². The van der Waals surface area contributed by atoms with Crippen molar-refractivity contribution in [2.75, 3.05) is 20.3 Å². The molecule has 0 amide bonds. The molecule has 2 atom stereocenters. The van der Waals surface area contributed by atoms with Gasteiger partial charge < -0.3 is 19.3 Å². The first-order chi connectivity index (χ1) is 8.70. The van der Waals surface area contributed by atoms with E-state index in [1.807, 2.05) is 12.1 Å². The average Bonchev–Trinajstić information content (AvgIpc) is 2.88. The van der Waals surface area contributed by atoms with E-state index < -0.39 is 6.10 Å². The van der Waals surface area contributed by atoms with Crippen LogP contribution in [0.3, 0.4) is 0 Å². The second-order valence-corrected chi connectivity index (χ2v) is 4.53. The van der Waals surface area contributed by atoms with Crippen LogP contribution in [0.2, 0.25) is 0 Å². The van der Waals surface area contributed by atoms with Crippen LogP contribution in [0.15, 0.2) is 18.2 Å². The summed E-state index contributed by atoms with van der Waals surface area (Å²) in [6.07, 6.45) is 1.73. The molecule has 0 saturated carbocycles. The molecule has 0 radical (unpaired) electrons. The Labute approximate surface area is 107 Å². The molecule has 1 N–H and O–H groups in total. The van der Waals surface area contributed by atoms with Crippen LogP contribution in [0.1, 0.15) is 31.4 Å². The lowest BCUT2D eigenvalue weighted by molar-refractivity contribution is 0.0663. The van der Waals surface area contributed by atoms with Crippen LogP contribution < -0.4 is 9.47 Å². The summed E-state index contributed by atoms with van der Waals surface area (Å²) < 4.78 is 16.4. The molecule has 1 aromatic rings. The van der Waals surface area contributed by atoms with E-state index in [9.17, 15) is 5.11 Å². The lowest BCUT2D eigenvalue weighted by Gasteiger charge is -2.17. The van der Waals surface area contributed by atoms with Gasteiger partial charge in [-0.15, -0.1) is 0 Å². The van der Waals surface area contributed by atoms with Crippen LogP contribution in [0.5, 0.6) is 11.5 Å². The number of aliphatic hydroxyl groups excluding tert-OH is 1. The largest absolute Gasteiger partial charge is 0.497 e. The van der Waals surface area contributed by atoms with Crippen molar-refractivity contribution in [1.82, 2.24) is 0 Å². The zero-order chi connectivity index (χ0) is 13.0. The molecular formula is C14H20O4. The minimum atomic E-state index is -0.560. The van der Waals surface area contributed by atoms with E-state index in [4.69, 9.17) is 14.2 Å². The summed E-state index contributed by atoms with van der Waals surface area (Å²) in [5.74, 6) is 1.39. The second kappa shape index (κ2) is 6.07. The first-order valence-electron chi connectivity index (χ1n) is 6.31. The van der Waals surface area contributed by atoms with Crippen molar-refractivity contribution < 1.29 is 19.3 Å². The summed E-state index contributed by atoms with van der Waals surface area (Å²) in [4.78, 5) is 0. The van der Waals surface area contributed by atoms with Crippen LogP contribution >= 0.6 is 0 Å². The predicted molar refractivity (Wildman–Crippen MR) is 68.1 cm³/mol. The van der Waals surface area contributed by atoms with Gasteiger partial charge in [-0.1, -0.05) is 0 Å². The fourth-order valence-corrected chi connectivity index (χ4v) is 2.07. The molecular weight excluding hydrogens is 232 g/mol. The molecule has 2 unspecified atom stereocenters. The van der Waals surface area contributed by atoms with Gasteiger partial charge in [0.15, 0.2) is 0 Å². The lowest BCUT2D eigenvalue weighted by atomic mass is 10.1. The molecule has 1 aliphatic rings. The zero-order valence-corrected chi connectivity index (χ0v) is 10.9. The van der Waals surface area contributed by atoms with Crippen LogP contribution in [-0.2, 0) is 4.74 Å². The van der Waals surface area contributed by atoms with E-state index >= 15 is 0 Å².